The molecule has 0 aromatic heterocycles. The molecule has 0 radical (unpaired) electrons. The van der Waals surface area contributed by atoms with Gasteiger partial charge in [0.2, 0.25) is 6.79 Å². The highest BCUT2D eigenvalue weighted by molar-refractivity contribution is 8.22. The van der Waals surface area contributed by atoms with Gasteiger partial charge in [0.1, 0.15) is 0 Å². The average molecular weight is 399 g/mol. The van der Waals surface area contributed by atoms with Gasteiger partial charge in [-0.25, -0.2) is 0 Å². The molecule has 2 aromatic rings. The maximum absolute atomic E-state index is 13.0. The van der Waals surface area contributed by atoms with Crippen molar-refractivity contribution in [2.45, 2.75) is 18.6 Å². The molecule has 2 aliphatic heterocycles. The van der Waals surface area contributed by atoms with Gasteiger partial charge in [0, 0.05) is 17.2 Å². The molecule has 0 N–H and O–H groups in total. The van der Waals surface area contributed by atoms with E-state index in [-0.39, 0.29) is 23.6 Å². The van der Waals surface area contributed by atoms with Crippen molar-refractivity contribution >= 4 is 35.1 Å². The molecule has 2 heterocycles. The van der Waals surface area contributed by atoms with Crippen LogP contribution in [0.25, 0.3) is 0 Å². The van der Waals surface area contributed by atoms with Crippen LogP contribution in [-0.2, 0) is 4.79 Å². The molecule has 1 unspecified atom stereocenters. The molecule has 0 spiro atoms. The van der Waals surface area contributed by atoms with Gasteiger partial charge in [-0.05, 0) is 23.4 Å². The molecule has 6 heteroatoms. The number of carbonyl (C=O) groups excluding carboxylic acids is 2. The van der Waals surface area contributed by atoms with Crippen molar-refractivity contribution in [1.29, 1.82) is 0 Å². The molecular formula is C21H18O4S2. The summed E-state index contributed by atoms with van der Waals surface area (Å²) in [5.41, 5.74) is 1.89. The van der Waals surface area contributed by atoms with Crippen molar-refractivity contribution in [1.82, 2.24) is 0 Å². The smallest absolute Gasteiger partial charge is 0.231 e. The summed E-state index contributed by atoms with van der Waals surface area (Å²) in [4.78, 5) is 25.9. The predicted molar refractivity (Wildman–Crippen MR) is 108 cm³/mol. The van der Waals surface area contributed by atoms with Gasteiger partial charge in [0.05, 0.1) is 9.81 Å². The Bertz CT molecular complexity index is 921. The van der Waals surface area contributed by atoms with Crippen LogP contribution in [0, 0.1) is 0 Å². The molecule has 0 fully saturated rings. The Labute approximate surface area is 166 Å². The van der Waals surface area contributed by atoms with E-state index in [9.17, 15) is 9.59 Å². The van der Waals surface area contributed by atoms with E-state index in [2.05, 4.69) is 0 Å². The fourth-order valence-corrected chi connectivity index (χ4v) is 5.79. The van der Waals surface area contributed by atoms with Gasteiger partial charge in [0.25, 0.3) is 0 Å². The van der Waals surface area contributed by atoms with Gasteiger partial charge in [-0.1, -0.05) is 43.3 Å². The second-order valence-electron chi connectivity index (χ2n) is 6.14. The van der Waals surface area contributed by atoms with Gasteiger partial charge < -0.3 is 9.47 Å². The minimum Gasteiger partial charge on any atom is -0.454 e. The van der Waals surface area contributed by atoms with Crippen molar-refractivity contribution in [3.05, 3.63) is 69.5 Å². The van der Waals surface area contributed by atoms with Gasteiger partial charge in [-0.3, -0.25) is 9.59 Å². The van der Waals surface area contributed by atoms with Crippen LogP contribution in [0.2, 0.25) is 0 Å². The molecule has 0 bridgehead atoms. The zero-order chi connectivity index (χ0) is 18.8. The van der Waals surface area contributed by atoms with Crippen molar-refractivity contribution in [3.8, 4) is 11.5 Å². The van der Waals surface area contributed by atoms with Gasteiger partial charge in [-0.15, -0.1) is 23.5 Å². The minimum absolute atomic E-state index is 0.0339. The van der Waals surface area contributed by atoms with E-state index in [0.717, 1.165) is 21.3 Å². The standard InChI is InChI=1S/C21H18O4S2/c1-2-26-21-19(20(23)13-6-4-3-5-7-13)15(22)11-18(27-21)14-8-9-16-17(10-14)25-12-24-16/h3-10,18H,2,11-12H2,1H3. The molecule has 2 aliphatic rings. The number of ether oxygens (including phenoxy) is 2. The van der Waals surface area contributed by atoms with Crippen molar-refractivity contribution in [3.63, 3.8) is 0 Å². The zero-order valence-corrected chi connectivity index (χ0v) is 16.4. The third kappa shape index (κ3) is 3.64. The van der Waals surface area contributed by atoms with Crippen LogP contribution < -0.4 is 9.47 Å². The molecule has 4 rings (SSSR count). The molecular weight excluding hydrogens is 380 g/mol. The second-order valence-corrected chi connectivity index (χ2v) is 8.88. The highest BCUT2D eigenvalue weighted by atomic mass is 32.2. The normalized spacial score (nSPS) is 18.7. The van der Waals surface area contributed by atoms with E-state index in [1.54, 1.807) is 35.7 Å². The quantitative estimate of drug-likeness (QED) is 0.521. The van der Waals surface area contributed by atoms with E-state index in [1.807, 2.05) is 43.3 Å². The Morgan fingerprint density at radius 2 is 1.93 bits per heavy atom. The Morgan fingerprint density at radius 3 is 2.70 bits per heavy atom. The van der Waals surface area contributed by atoms with Crippen molar-refractivity contribution < 1.29 is 19.1 Å². The highest BCUT2D eigenvalue weighted by Crippen LogP contribution is 2.50. The van der Waals surface area contributed by atoms with Gasteiger partial charge >= 0.3 is 0 Å². The number of Topliss-reactive ketones (excluding diaryl/α,β-unsaturated/α-hetero) is 2. The lowest BCUT2D eigenvalue weighted by atomic mass is 9.96. The highest BCUT2D eigenvalue weighted by Gasteiger charge is 2.34. The molecule has 27 heavy (non-hydrogen) atoms. The third-order valence-electron chi connectivity index (χ3n) is 4.41. The van der Waals surface area contributed by atoms with E-state index in [1.165, 1.54) is 0 Å². The molecule has 0 saturated carbocycles. The first-order valence-corrected chi connectivity index (χ1v) is 10.6. The predicted octanol–water partition coefficient (Wildman–Crippen LogP) is 5.01. The Morgan fingerprint density at radius 1 is 1.15 bits per heavy atom. The van der Waals surface area contributed by atoms with Crippen LogP contribution in [-0.4, -0.2) is 24.1 Å². The lowest BCUT2D eigenvalue weighted by Gasteiger charge is -2.25. The van der Waals surface area contributed by atoms with Crippen LogP contribution in [0.5, 0.6) is 11.5 Å². The Kier molecular flexibility index (Phi) is 5.27. The summed E-state index contributed by atoms with van der Waals surface area (Å²) < 4.78 is 11.6. The number of hydrogen-bond acceptors (Lipinski definition) is 6. The van der Waals surface area contributed by atoms with Gasteiger partial charge in [-0.2, -0.15) is 0 Å². The summed E-state index contributed by atoms with van der Waals surface area (Å²) >= 11 is 3.15. The topological polar surface area (TPSA) is 52.6 Å². The lowest BCUT2D eigenvalue weighted by Crippen LogP contribution is -2.20. The molecule has 0 amide bonds. The van der Waals surface area contributed by atoms with E-state index in [0.29, 0.717) is 23.3 Å². The Hall–Kier alpha value is -2.18. The summed E-state index contributed by atoms with van der Waals surface area (Å²) in [7, 11) is 0. The first-order valence-electron chi connectivity index (χ1n) is 8.73. The van der Waals surface area contributed by atoms with Crippen LogP contribution in [0.1, 0.15) is 34.5 Å². The lowest BCUT2D eigenvalue weighted by molar-refractivity contribution is -0.115. The molecule has 0 saturated heterocycles. The number of thioether (sulfide) groups is 2. The average Bonchev–Trinajstić information content (AvgIpc) is 3.16. The summed E-state index contributed by atoms with van der Waals surface area (Å²) in [5, 5.41) is -0.0339. The SMILES string of the molecule is CCSC1=C(C(=O)c2ccccc2)C(=O)CC(c2ccc3c(c2)OCO3)S1. The van der Waals surface area contributed by atoms with Crippen LogP contribution in [0.15, 0.2) is 58.3 Å². The van der Waals surface area contributed by atoms with Crippen molar-refractivity contribution in [2.24, 2.45) is 0 Å². The van der Waals surface area contributed by atoms with E-state index in [4.69, 9.17) is 9.47 Å². The van der Waals surface area contributed by atoms with E-state index < -0.39 is 0 Å². The first kappa shape index (κ1) is 18.2. The number of allylic oxidation sites excluding steroid dienone is 1. The minimum atomic E-state index is -0.187. The van der Waals surface area contributed by atoms with Gasteiger partial charge in [0.15, 0.2) is 23.1 Å². The summed E-state index contributed by atoms with van der Waals surface area (Å²) in [6, 6.07) is 14.8. The van der Waals surface area contributed by atoms with Crippen LogP contribution in [0.4, 0.5) is 0 Å². The number of rotatable bonds is 5. The third-order valence-corrected chi connectivity index (χ3v) is 6.95. The fraction of sp³-hybridized carbons (Fsp3) is 0.238. The maximum atomic E-state index is 13.0. The molecule has 0 aliphatic carbocycles. The first-order chi connectivity index (χ1) is 13.2. The van der Waals surface area contributed by atoms with Crippen LogP contribution >= 0.6 is 23.5 Å². The summed E-state index contributed by atoms with van der Waals surface area (Å²) in [5.74, 6) is 1.95. The van der Waals surface area contributed by atoms with Crippen LogP contribution in [0.3, 0.4) is 0 Å². The Balaban J connectivity index is 1.67. The molecule has 1 atom stereocenters. The monoisotopic (exact) mass is 398 g/mol. The molecule has 138 valence electrons. The largest absolute Gasteiger partial charge is 0.454 e. The fourth-order valence-electron chi connectivity index (χ4n) is 3.10. The van der Waals surface area contributed by atoms with E-state index >= 15 is 0 Å². The number of benzene rings is 2. The molecule has 2 aromatic carbocycles. The maximum Gasteiger partial charge on any atom is 0.231 e. The van der Waals surface area contributed by atoms with Crippen molar-refractivity contribution in [2.75, 3.05) is 12.5 Å². The summed E-state index contributed by atoms with van der Waals surface area (Å²) in [6.07, 6.45) is 0.298. The number of ketones is 2. The number of fused-ring (bicyclic) bond motifs is 1. The number of hydrogen-bond donors (Lipinski definition) is 0. The summed E-state index contributed by atoms with van der Waals surface area (Å²) in [6.45, 7) is 2.25. The molecule has 4 nitrogen and oxygen atoms in total. The zero-order valence-electron chi connectivity index (χ0n) is 14.8. The second kappa shape index (κ2) is 7.82. The number of carbonyl (C=O) groups is 2.